The highest BCUT2D eigenvalue weighted by atomic mass is 19.1. The van der Waals surface area contributed by atoms with Crippen LogP contribution in [0.3, 0.4) is 0 Å². The number of hydrogen-bond donors (Lipinski definition) is 1. The second-order valence-corrected chi connectivity index (χ2v) is 4.26. The number of nitrogens with one attached hydrogen (secondary N) is 1. The van der Waals surface area contributed by atoms with Gasteiger partial charge in [0, 0.05) is 0 Å². The fraction of sp³-hybridized carbons (Fsp3) is 0.214. The summed E-state index contributed by atoms with van der Waals surface area (Å²) in [7, 11) is 0. The smallest absolute Gasteiger partial charge is 0.259 e. The minimum atomic E-state index is -0.443. The van der Waals surface area contributed by atoms with Gasteiger partial charge in [-0.25, -0.2) is 4.39 Å². The second kappa shape index (κ2) is 4.64. The molecule has 94 valence electrons. The number of hydrogen-bond acceptors (Lipinski definition) is 2. The van der Waals surface area contributed by atoms with Crippen LogP contribution in [0.1, 0.15) is 27.4 Å². The van der Waals surface area contributed by atoms with Gasteiger partial charge in [0.05, 0.1) is 11.3 Å². The van der Waals surface area contributed by atoms with Crippen LogP contribution >= 0.6 is 0 Å². The van der Waals surface area contributed by atoms with Crippen molar-refractivity contribution in [1.29, 1.82) is 0 Å². The van der Waals surface area contributed by atoms with Crippen LogP contribution in [0.15, 0.2) is 28.7 Å². The van der Waals surface area contributed by atoms with Crippen molar-refractivity contribution in [3.05, 3.63) is 52.7 Å². The van der Waals surface area contributed by atoms with E-state index in [0.717, 1.165) is 5.56 Å². The first-order chi connectivity index (χ1) is 8.47. The number of halogens is 1. The van der Waals surface area contributed by atoms with Gasteiger partial charge in [-0.15, -0.1) is 0 Å². The molecule has 0 spiro atoms. The van der Waals surface area contributed by atoms with Gasteiger partial charge >= 0.3 is 0 Å². The lowest BCUT2D eigenvalue weighted by atomic mass is 10.2. The molecule has 0 aliphatic carbocycles. The average Bonchev–Trinajstić information content (AvgIpc) is 2.62. The van der Waals surface area contributed by atoms with E-state index in [1.807, 2.05) is 0 Å². The fourth-order valence-electron chi connectivity index (χ4n) is 1.77. The molecule has 1 aromatic heterocycles. The van der Waals surface area contributed by atoms with Crippen LogP contribution in [0, 0.1) is 26.6 Å². The Bertz CT molecular complexity index is 602. The van der Waals surface area contributed by atoms with Crippen molar-refractivity contribution in [3.8, 4) is 0 Å². The Kier molecular flexibility index (Phi) is 3.19. The minimum absolute atomic E-state index is 0.170. The van der Waals surface area contributed by atoms with E-state index in [1.165, 1.54) is 6.07 Å². The molecule has 1 N–H and O–H groups in total. The molecule has 4 heteroatoms. The summed E-state index contributed by atoms with van der Waals surface area (Å²) in [5, 5.41) is 2.53. The molecule has 0 radical (unpaired) electrons. The predicted octanol–water partition coefficient (Wildman–Crippen LogP) is 3.60. The summed E-state index contributed by atoms with van der Waals surface area (Å²) in [5.74, 6) is 0.368. The number of rotatable bonds is 2. The molecule has 1 heterocycles. The zero-order valence-corrected chi connectivity index (χ0v) is 10.5. The molecule has 0 fully saturated rings. The number of carbonyl (C=O) groups is 1. The molecular formula is C14H14FNO2. The van der Waals surface area contributed by atoms with E-state index in [-0.39, 0.29) is 11.6 Å². The van der Waals surface area contributed by atoms with Gasteiger partial charge < -0.3 is 9.73 Å². The zero-order chi connectivity index (χ0) is 13.3. The van der Waals surface area contributed by atoms with Crippen LogP contribution in [0.2, 0.25) is 0 Å². The normalized spacial score (nSPS) is 10.4. The SMILES string of the molecule is Cc1ccc(NC(=O)c2cc(C)oc2C)c(F)c1. The Morgan fingerprint density at radius 2 is 1.94 bits per heavy atom. The summed E-state index contributed by atoms with van der Waals surface area (Å²) in [5.41, 5.74) is 1.40. The lowest BCUT2D eigenvalue weighted by Gasteiger charge is -2.06. The molecule has 0 bridgehead atoms. The first kappa shape index (κ1) is 12.4. The third-order valence-corrected chi connectivity index (χ3v) is 2.66. The predicted molar refractivity (Wildman–Crippen MR) is 67.3 cm³/mol. The minimum Gasteiger partial charge on any atom is -0.466 e. The molecule has 3 nitrogen and oxygen atoms in total. The molecule has 0 aliphatic heterocycles. The van der Waals surface area contributed by atoms with Crippen molar-refractivity contribution in [2.75, 3.05) is 5.32 Å². The molecule has 0 aliphatic rings. The molecule has 1 aromatic carbocycles. The Morgan fingerprint density at radius 3 is 2.50 bits per heavy atom. The van der Waals surface area contributed by atoms with Crippen LogP contribution in [0.4, 0.5) is 10.1 Å². The Hall–Kier alpha value is -2.10. The van der Waals surface area contributed by atoms with Gasteiger partial charge in [-0.05, 0) is 44.5 Å². The maximum absolute atomic E-state index is 13.6. The van der Waals surface area contributed by atoms with E-state index < -0.39 is 5.82 Å². The molecule has 2 rings (SSSR count). The first-order valence-corrected chi connectivity index (χ1v) is 5.62. The van der Waals surface area contributed by atoms with Gasteiger partial charge in [0.15, 0.2) is 0 Å². The van der Waals surface area contributed by atoms with Crippen molar-refractivity contribution in [3.63, 3.8) is 0 Å². The third kappa shape index (κ3) is 2.42. The number of aryl methyl sites for hydroxylation is 3. The Morgan fingerprint density at radius 1 is 1.22 bits per heavy atom. The van der Waals surface area contributed by atoms with E-state index in [2.05, 4.69) is 5.32 Å². The summed E-state index contributed by atoms with van der Waals surface area (Å²) in [6, 6.07) is 6.30. The van der Waals surface area contributed by atoms with Gasteiger partial charge in [-0.2, -0.15) is 0 Å². The van der Waals surface area contributed by atoms with E-state index >= 15 is 0 Å². The van der Waals surface area contributed by atoms with Gasteiger partial charge in [0.25, 0.3) is 5.91 Å². The van der Waals surface area contributed by atoms with E-state index in [4.69, 9.17) is 4.42 Å². The lowest BCUT2D eigenvalue weighted by molar-refractivity contribution is 0.102. The largest absolute Gasteiger partial charge is 0.466 e. The summed E-state index contributed by atoms with van der Waals surface area (Å²) in [6.07, 6.45) is 0. The molecule has 2 aromatic rings. The van der Waals surface area contributed by atoms with Crippen molar-refractivity contribution in [1.82, 2.24) is 0 Å². The second-order valence-electron chi connectivity index (χ2n) is 4.26. The molecule has 0 saturated carbocycles. The van der Waals surface area contributed by atoms with Gasteiger partial charge in [-0.3, -0.25) is 4.79 Å². The van der Waals surface area contributed by atoms with Crippen LogP contribution in [0.25, 0.3) is 0 Å². The van der Waals surface area contributed by atoms with Gasteiger partial charge in [-0.1, -0.05) is 6.07 Å². The van der Waals surface area contributed by atoms with E-state index in [0.29, 0.717) is 17.1 Å². The highest BCUT2D eigenvalue weighted by Crippen LogP contribution is 2.19. The molecule has 0 saturated heterocycles. The van der Waals surface area contributed by atoms with Gasteiger partial charge in [0.2, 0.25) is 0 Å². The summed E-state index contributed by atoms with van der Waals surface area (Å²) < 4.78 is 18.9. The molecule has 1 amide bonds. The maximum Gasteiger partial charge on any atom is 0.259 e. The molecule has 18 heavy (non-hydrogen) atoms. The zero-order valence-electron chi connectivity index (χ0n) is 10.5. The number of carbonyl (C=O) groups excluding carboxylic acids is 1. The highest BCUT2D eigenvalue weighted by molar-refractivity contribution is 6.05. The number of furan rings is 1. The van der Waals surface area contributed by atoms with Crippen molar-refractivity contribution < 1.29 is 13.6 Å². The van der Waals surface area contributed by atoms with Crippen LogP contribution in [0.5, 0.6) is 0 Å². The van der Waals surface area contributed by atoms with Crippen LogP contribution in [-0.4, -0.2) is 5.91 Å². The first-order valence-electron chi connectivity index (χ1n) is 5.62. The average molecular weight is 247 g/mol. The van der Waals surface area contributed by atoms with Crippen molar-refractivity contribution in [2.45, 2.75) is 20.8 Å². The lowest BCUT2D eigenvalue weighted by Crippen LogP contribution is -2.13. The molecule has 0 unspecified atom stereocenters. The molecular weight excluding hydrogens is 233 g/mol. The van der Waals surface area contributed by atoms with Crippen LogP contribution in [-0.2, 0) is 0 Å². The van der Waals surface area contributed by atoms with Crippen molar-refractivity contribution >= 4 is 11.6 Å². The van der Waals surface area contributed by atoms with Crippen LogP contribution < -0.4 is 5.32 Å². The number of amides is 1. The summed E-state index contributed by atoms with van der Waals surface area (Å²) in [4.78, 5) is 11.9. The fourth-order valence-corrected chi connectivity index (χ4v) is 1.77. The van der Waals surface area contributed by atoms with E-state index in [9.17, 15) is 9.18 Å². The summed E-state index contributed by atoms with van der Waals surface area (Å²) >= 11 is 0. The monoisotopic (exact) mass is 247 g/mol. The third-order valence-electron chi connectivity index (χ3n) is 2.66. The topological polar surface area (TPSA) is 42.2 Å². The number of anilines is 1. The molecule has 0 atom stereocenters. The Balaban J connectivity index is 2.24. The van der Waals surface area contributed by atoms with E-state index in [1.54, 1.807) is 39.0 Å². The highest BCUT2D eigenvalue weighted by Gasteiger charge is 2.15. The Labute approximate surface area is 105 Å². The summed E-state index contributed by atoms with van der Waals surface area (Å²) in [6.45, 7) is 5.25. The maximum atomic E-state index is 13.6. The quantitative estimate of drug-likeness (QED) is 0.881. The standard InChI is InChI=1S/C14H14FNO2/c1-8-4-5-13(12(15)6-8)16-14(17)11-7-9(2)18-10(11)3/h4-7H,1-3H3,(H,16,17). The number of benzene rings is 1. The van der Waals surface area contributed by atoms with Crippen molar-refractivity contribution in [2.24, 2.45) is 0 Å². The van der Waals surface area contributed by atoms with Gasteiger partial charge in [0.1, 0.15) is 17.3 Å².